The first kappa shape index (κ1) is 16.2. The van der Waals surface area contributed by atoms with Gasteiger partial charge in [0.15, 0.2) is 0 Å². The van der Waals surface area contributed by atoms with Gasteiger partial charge in [-0.1, -0.05) is 54.1 Å². The van der Waals surface area contributed by atoms with Crippen LogP contribution in [0.4, 0.5) is 0 Å². The fraction of sp³-hybridized carbons (Fsp3) is 0.316. The summed E-state index contributed by atoms with van der Waals surface area (Å²) in [5.41, 5.74) is 2.08. The van der Waals surface area contributed by atoms with Crippen LogP contribution >= 0.6 is 0 Å². The normalized spacial score (nSPS) is 13.5. The smallest absolute Gasteiger partial charge is 0.309 e. The van der Waals surface area contributed by atoms with Gasteiger partial charge in [0.1, 0.15) is 5.60 Å². The Bertz CT molecular complexity index is 646. The summed E-state index contributed by atoms with van der Waals surface area (Å²) in [7, 11) is 0. The summed E-state index contributed by atoms with van der Waals surface area (Å²) >= 11 is 0. The minimum atomic E-state index is -1.38. The van der Waals surface area contributed by atoms with Gasteiger partial charge in [0.25, 0.3) is 0 Å². The van der Waals surface area contributed by atoms with Gasteiger partial charge in [-0.25, -0.2) is 0 Å². The van der Waals surface area contributed by atoms with Crippen LogP contribution in [0, 0.1) is 13.8 Å². The van der Waals surface area contributed by atoms with Gasteiger partial charge in [0, 0.05) is 0 Å². The van der Waals surface area contributed by atoms with E-state index in [2.05, 4.69) is 0 Å². The second kappa shape index (κ2) is 6.75. The Balaban J connectivity index is 2.51. The average Bonchev–Trinajstić information content (AvgIpc) is 2.48. The molecule has 2 aromatic rings. The molecule has 0 radical (unpaired) electrons. The van der Waals surface area contributed by atoms with Crippen molar-refractivity contribution in [1.29, 1.82) is 0 Å². The number of benzene rings is 2. The fourth-order valence-corrected chi connectivity index (χ4v) is 2.64. The van der Waals surface area contributed by atoms with E-state index in [-0.39, 0.29) is 6.42 Å². The summed E-state index contributed by atoms with van der Waals surface area (Å²) in [5, 5.41) is 11.3. The lowest BCUT2D eigenvalue weighted by Crippen LogP contribution is -2.32. The Morgan fingerprint density at radius 3 is 2.32 bits per heavy atom. The Labute approximate surface area is 131 Å². The molecule has 22 heavy (non-hydrogen) atoms. The van der Waals surface area contributed by atoms with E-state index in [1.807, 2.05) is 62.4 Å². The maximum Gasteiger partial charge on any atom is 0.309 e. The zero-order valence-corrected chi connectivity index (χ0v) is 13.3. The lowest BCUT2D eigenvalue weighted by atomic mass is 9.81. The number of aliphatic hydroxyl groups is 1. The maximum absolute atomic E-state index is 12.0. The molecule has 0 saturated heterocycles. The summed E-state index contributed by atoms with van der Waals surface area (Å²) in [5.74, 6) is -0.408. The SMILES string of the molecule is CCOC(=O)CC(O)(c1ccc(C)cc1)c1ccccc1C. The van der Waals surface area contributed by atoms with E-state index in [9.17, 15) is 9.90 Å². The molecular formula is C19H22O3. The third-order valence-corrected chi connectivity index (χ3v) is 3.83. The van der Waals surface area contributed by atoms with Gasteiger partial charge >= 0.3 is 5.97 Å². The molecule has 0 aliphatic rings. The molecule has 1 unspecified atom stereocenters. The highest BCUT2D eigenvalue weighted by Crippen LogP contribution is 2.35. The van der Waals surface area contributed by atoms with E-state index in [0.717, 1.165) is 16.7 Å². The van der Waals surface area contributed by atoms with Crippen LogP contribution in [0.25, 0.3) is 0 Å². The van der Waals surface area contributed by atoms with Crippen LogP contribution in [-0.4, -0.2) is 17.7 Å². The fourth-order valence-electron chi connectivity index (χ4n) is 2.64. The Morgan fingerprint density at radius 1 is 1.09 bits per heavy atom. The van der Waals surface area contributed by atoms with Crippen LogP contribution in [0.5, 0.6) is 0 Å². The number of ether oxygens (including phenoxy) is 1. The van der Waals surface area contributed by atoms with Crippen LogP contribution in [0.2, 0.25) is 0 Å². The predicted octanol–water partition coefficient (Wildman–Crippen LogP) is 3.49. The highest BCUT2D eigenvalue weighted by atomic mass is 16.5. The molecule has 1 atom stereocenters. The predicted molar refractivity (Wildman–Crippen MR) is 86.6 cm³/mol. The Kier molecular flexibility index (Phi) is 4.99. The number of rotatable bonds is 5. The Morgan fingerprint density at radius 2 is 1.73 bits per heavy atom. The first-order valence-electron chi connectivity index (χ1n) is 7.48. The van der Waals surface area contributed by atoms with E-state index in [1.54, 1.807) is 6.92 Å². The molecule has 0 aliphatic heterocycles. The first-order chi connectivity index (χ1) is 10.5. The van der Waals surface area contributed by atoms with E-state index in [4.69, 9.17) is 4.74 Å². The molecule has 1 N–H and O–H groups in total. The van der Waals surface area contributed by atoms with Crippen molar-refractivity contribution < 1.29 is 14.6 Å². The van der Waals surface area contributed by atoms with Gasteiger partial charge in [-0.2, -0.15) is 0 Å². The molecule has 0 heterocycles. The number of carbonyl (C=O) groups excluding carboxylic acids is 1. The molecule has 0 amide bonds. The van der Waals surface area contributed by atoms with Crippen molar-refractivity contribution in [1.82, 2.24) is 0 Å². The van der Waals surface area contributed by atoms with Crippen molar-refractivity contribution in [3.63, 3.8) is 0 Å². The highest BCUT2D eigenvalue weighted by Gasteiger charge is 2.36. The quantitative estimate of drug-likeness (QED) is 0.859. The molecule has 3 heteroatoms. The summed E-state index contributed by atoms with van der Waals surface area (Å²) in [6.45, 7) is 5.98. The van der Waals surface area contributed by atoms with Gasteiger partial charge in [-0.15, -0.1) is 0 Å². The summed E-state index contributed by atoms with van der Waals surface area (Å²) in [6.07, 6.45) is -0.102. The summed E-state index contributed by atoms with van der Waals surface area (Å²) in [4.78, 5) is 12.0. The van der Waals surface area contributed by atoms with E-state index in [0.29, 0.717) is 12.2 Å². The number of esters is 1. The molecule has 0 fully saturated rings. The van der Waals surface area contributed by atoms with Gasteiger partial charge in [0.05, 0.1) is 13.0 Å². The van der Waals surface area contributed by atoms with Gasteiger partial charge < -0.3 is 9.84 Å². The maximum atomic E-state index is 12.0. The minimum absolute atomic E-state index is 0.102. The van der Waals surface area contributed by atoms with Crippen molar-refractivity contribution in [2.45, 2.75) is 32.8 Å². The third-order valence-electron chi connectivity index (χ3n) is 3.83. The number of aryl methyl sites for hydroxylation is 2. The van der Waals surface area contributed by atoms with Crippen molar-refractivity contribution in [2.24, 2.45) is 0 Å². The highest BCUT2D eigenvalue weighted by molar-refractivity contribution is 5.72. The molecule has 116 valence electrons. The number of hydrogen-bond donors (Lipinski definition) is 1. The average molecular weight is 298 g/mol. The van der Waals surface area contributed by atoms with Crippen LogP contribution in [-0.2, 0) is 15.1 Å². The molecule has 0 aromatic heterocycles. The van der Waals surface area contributed by atoms with E-state index in [1.165, 1.54) is 0 Å². The van der Waals surface area contributed by atoms with E-state index >= 15 is 0 Å². The van der Waals surface area contributed by atoms with E-state index < -0.39 is 11.6 Å². The van der Waals surface area contributed by atoms with Crippen molar-refractivity contribution in [3.8, 4) is 0 Å². The first-order valence-corrected chi connectivity index (χ1v) is 7.48. The third kappa shape index (κ3) is 3.37. The van der Waals surface area contributed by atoms with Crippen LogP contribution in [0.3, 0.4) is 0 Å². The summed E-state index contributed by atoms with van der Waals surface area (Å²) in [6, 6.07) is 15.2. The topological polar surface area (TPSA) is 46.5 Å². The monoisotopic (exact) mass is 298 g/mol. The largest absolute Gasteiger partial charge is 0.466 e. The minimum Gasteiger partial charge on any atom is -0.466 e. The molecular weight excluding hydrogens is 276 g/mol. The molecule has 0 aliphatic carbocycles. The standard InChI is InChI=1S/C19H22O3/c1-4-22-18(20)13-19(21,16-11-9-14(2)10-12-16)17-8-6-5-7-15(17)3/h5-12,21H,4,13H2,1-3H3. The van der Waals surface area contributed by atoms with Gasteiger partial charge in [0.2, 0.25) is 0 Å². The second-order valence-corrected chi connectivity index (χ2v) is 5.52. The molecule has 0 spiro atoms. The van der Waals surface area contributed by atoms with Crippen LogP contribution < -0.4 is 0 Å². The van der Waals surface area contributed by atoms with Gasteiger partial charge in [-0.3, -0.25) is 4.79 Å². The lowest BCUT2D eigenvalue weighted by molar-refractivity contribution is -0.147. The molecule has 0 bridgehead atoms. The number of hydrogen-bond acceptors (Lipinski definition) is 3. The number of carbonyl (C=O) groups is 1. The van der Waals surface area contributed by atoms with Crippen molar-refractivity contribution >= 4 is 5.97 Å². The van der Waals surface area contributed by atoms with Crippen LogP contribution in [0.1, 0.15) is 35.6 Å². The van der Waals surface area contributed by atoms with Crippen molar-refractivity contribution in [2.75, 3.05) is 6.61 Å². The lowest BCUT2D eigenvalue weighted by Gasteiger charge is -2.30. The second-order valence-electron chi connectivity index (χ2n) is 5.52. The zero-order chi connectivity index (χ0) is 16.2. The van der Waals surface area contributed by atoms with Gasteiger partial charge in [-0.05, 0) is 37.5 Å². The van der Waals surface area contributed by atoms with Crippen LogP contribution in [0.15, 0.2) is 48.5 Å². The van der Waals surface area contributed by atoms with Crippen molar-refractivity contribution in [3.05, 3.63) is 70.8 Å². The molecule has 2 rings (SSSR count). The molecule has 2 aromatic carbocycles. The Hall–Kier alpha value is -2.13. The zero-order valence-electron chi connectivity index (χ0n) is 13.3. The molecule has 3 nitrogen and oxygen atoms in total. The summed E-state index contributed by atoms with van der Waals surface area (Å²) < 4.78 is 5.05. The molecule has 0 saturated carbocycles.